The second-order valence-corrected chi connectivity index (χ2v) is 4.61. The van der Waals surface area contributed by atoms with Gasteiger partial charge in [-0.15, -0.1) is 0 Å². The molecule has 10 heteroatoms. The van der Waals surface area contributed by atoms with Crippen LogP contribution in [0.25, 0.3) is 0 Å². The van der Waals surface area contributed by atoms with Gasteiger partial charge in [0, 0.05) is 19.2 Å². The van der Waals surface area contributed by atoms with Crippen molar-refractivity contribution >= 4 is 23.5 Å². The van der Waals surface area contributed by atoms with Gasteiger partial charge >= 0.3 is 6.09 Å². The SMILES string of the molecule is O=C(O)NCCOCCOCCOCCNc1cc(Cl)ncn1. The molecule has 130 valence electrons. The van der Waals surface area contributed by atoms with Gasteiger partial charge in [0.1, 0.15) is 17.3 Å². The number of nitrogens with zero attached hydrogens (tertiary/aromatic N) is 2. The van der Waals surface area contributed by atoms with Crippen molar-refractivity contribution in [3.63, 3.8) is 0 Å². The standard InChI is InChI=1S/C13H21ClN4O5/c14-11-9-12(18-10-17-11)15-1-3-21-5-7-23-8-6-22-4-2-16-13(19)20/h9-10,16H,1-8H2,(H,19,20)(H,15,17,18). The number of halogens is 1. The Hall–Kier alpha value is -1.68. The Bertz CT molecular complexity index is 452. The number of hydrogen-bond donors (Lipinski definition) is 3. The van der Waals surface area contributed by atoms with Crippen LogP contribution in [0, 0.1) is 0 Å². The van der Waals surface area contributed by atoms with Crippen molar-refractivity contribution < 1.29 is 24.1 Å². The summed E-state index contributed by atoms with van der Waals surface area (Å²) in [4.78, 5) is 17.9. The summed E-state index contributed by atoms with van der Waals surface area (Å²) in [5, 5.41) is 14.0. The first-order valence-corrected chi connectivity index (χ1v) is 7.47. The summed E-state index contributed by atoms with van der Waals surface area (Å²) in [5.74, 6) is 0.652. The van der Waals surface area contributed by atoms with Gasteiger partial charge in [0.05, 0.1) is 39.6 Å². The van der Waals surface area contributed by atoms with Crippen LogP contribution in [-0.4, -0.2) is 73.9 Å². The normalized spacial score (nSPS) is 10.5. The third kappa shape index (κ3) is 11.5. The monoisotopic (exact) mass is 348 g/mol. The summed E-state index contributed by atoms with van der Waals surface area (Å²) >= 11 is 5.73. The van der Waals surface area contributed by atoms with Crippen molar-refractivity contribution in [2.45, 2.75) is 0 Å². The molecule has 0 radical (unpaired) electrons. The van der Waals surface area contributed by atoms with Crippen molar-refractivity contribution in [2.24, 2.45) is 0 Å². The molecule has 0 aliphatic carbocycles. The number of hydrogen-bond acceptors (Lipinski definition) is 7. The second-order valence-electron chi connectivity index (χ2n) is 4.22. The summed E-state index contributed by atoms with van der Waals surface area (Å²) < 4.78 is 15.8. The lowest BCUT2D eigenvalue weighted by Crippen LogP contribution is -2.25. The van der Waals surface area contributed by atoms with Gasteiger partial charge in [-0.25, -0.2) is 14.8 Å². The van der Waals surface area contributed by atoms with Crippen LogP contribution in [0.5, 0.6) is 0 Å². The van der Waals surface area contributed by atoms with Gasteiger partial charge in [-0.05, 0) is 0 Å². The molecular weight excluding hydrogens is 328 g/mol. The molecule has 0 saturated heterocycles. The zero-order valence-corrected chi connectivity index (χ0v) is 13.4. The lowest BCUT2D eigenvalue weighted by atomic mass is 10.5. The fourth-order valence-corrected chi connectivity index (χ4v) is 1.60. The van der Waals surface area contributed by atoms with Crippen LogP contribution in [0.4, 0.5) is 10.6 Å². The molecule has 23 heavy (non-hydrogen) atoms. The summed E-state index contributed by atoms with van der Waals surface area (Å²) in [6, 6.07) is 1.64. The molecule has 9 nitrogen and oxygen atoms in total. The molecule has 1 aromatic heterocycles. The smallest absolute Gasteiger partial charge is 0.404 e. The number of carboxylic acid groups (broad SMARTS) is 1. The van der Waals surface area contributed by atoms with Gasteiger partial charge in [0.2, 0.25) is 0 Å². The topological polar surface area (TPSA) is 115 Å². The van der Waals surface area contributed by atoms with Gasteiger partial charge in [-0.1, -0.05) is 11.6 Å². The maximum absolute atomic E-state index is 10.2. The predicted molar refractivity (Wildman–Crippen MR) is 84.0 cm³/mol. The van der Waals surface area contributed by atoms with E-state index < -0.39 is 6.09 Å². The van der Waals surface area contributed by atoms with E-state index >= 15 is 0 Å². The predicted octanol–water partition coefficient (Wildman–Crippen LogP) is 0.859. The molecule has 3 N–H and O–H groups in total. The van der Waals surface area contributed by atoms with E-state index in [0.29, 0.717) is 57.2 Å². The highest BCUT2D eigenvalue weighted by atomic mass is 35.5. The highest BCUT2D eigenvalue weighted by Crippen LogP contribution is 2.07. The Labute approximate surface area is 139 Å². The first-order chi connectivity index (χ1) is 11.2. The average molecular weight is 349 g/mol. The quantitative estimate of drug-likeness (QED) is 0.355. The number of ether oxygens (including phenoxy) is 3. The molecule has 0 unspecified atom stereocenters. The zero-order valence-electron chi connectivity index (χ0n) is 12.7. The maximum Gasteiger partial charge on any atom is 0.404 e. The highest BCUT2D eigenvalue weighted by Gasteiger charge is 1.96. The molecule has 0 spiro atoms. The minimum absolute atomic E-state index is 0.267. The third-order valence-corrected chi connectivity index (χ3v) is 2.66. The molecule has 0 bridgehead atoms. The Morgan fingerprint density at radius 3 is 2.26 bits per heavy atom. The molecule has 0 aromatic carbocycles. The van der Waals surface area contributed by atoms with Gasteiger partial charge < -0.3 is 30.0 Å². The van der Waals surface area contributed by atoms with E-state index in [1.165, 1.54) is 6.33 Å². The van der Waals surface area contributed by atoms with Crippen LogP contribution in [0.15, 0.2) is 12.4 Å². The van der Waals surface area contributed by atoms with E-state index in [4.69, 9.17) is 30.9 Å². The summed E-state index contributed by atoms with van der Waals surface area (Å²) in [7, 11) is 0. The Morgan fingerprint density at radius 2 is 1.65 bits per heavy atom. The van der Waals surface area contributed by atoms with Crippen molar-refractivity contribution in [1.82, 2.24) is 15.3 Å². The molecule has 1 amide bonds. The summed E-state index contributed by atoms with van der Waals surface area (Å²) in [6.45, 7) is 3.51. The van der Waals surface area contributed by atoms with E-state index in [0.717, 1.165) is 0 Å². The number of carbonyl (C=O) groups is 1. The first-order valence-electron chi connectivity index (χ1n) is 7.10. The van der Waals surface area contributed by atoms with E-state index in [-0.39, 0.29) is 6.54 Å². The first kappa shape index (κ1) is 19.4. The van der Waals surface area contributed by atoms with Crippen molar-refractivity contribution in [3.05, 3.63) is 17.5 Å². The molecule has 0 aliphatic heterocycles. The Balaban J connectivity index is 1.80. The van der Waals surface area contributed by atoms with Gasteiger partial charge in [0.15, 0.2) is 0 Å². The number of amides is 1. The van der Waals surface area contributed by atoms with E-state index in [1.54, 1.807) is 6.07 Å². The van der Waals surface area contributed by atoms with Crippen LogP contribution < -0.4 is 10.6 Å². The van der Waals surface area contributed by atoms with E-state index in [9.17, 15) is 4.79 Å². The molecule has 0 atom stereocenters. The fraction of sp³-hybridized carbons (Fsp3) is 0.615. The Kier molecular flexibility index (Phi) is 10.8. The fourth-order valence-electron chi connectivity index (χ4n) is 1.45. The molecule has 1 rings (SSSR count). The average Bonchev–Trinajstić information content (AvgIpc) is 2.51. The van der Waals surface area contributed by atoms with Gasteiger partial charge in [-0.3, -0.25) is 0 Å². The van der Waals surface area contributed by atoms with Gasteiger partial charge in [0.25, 0.3) is 0 Å². The van der Waals surface area contributed by atoms with Crippen LogP contribution in [-0.2, 0) is 14.2 Å². The minimum atomic E-state index is -1.06. The van der Waals surface area contributed by atoms with Crippen molar-refractivity contribution in [2.75, 3.05) is 58.0 Å². The summed E-state index contributed by atoms with van der Waals surface area (Å²) in [6.07, 6.45) is 0.332. The maximum atomic E-state index is 10.2. The lowest BCUT2D eigenvalue weighted by molar-refractivity contribution is 0.0171. The van der Waals surface area contributed by atoms with Crippen molar-refractivity contribution in [3.8, 4) is 0 Å². The zero-order chi connectivity index (χ0) is 16.8. The van der Waals surface area contributed by atoms with Crippen LogP contribution in [0.1, 0.15) is 0 Å². The molecular formula is C13H21ClN4O5. The van der Waals surface area contributed by atoms with Crippen molar-refractivity contribution in [1.29, 1.82) is 0 Å². The number of rotatable bonds is 13. The van der Waals surface area contributed by atoms with Gasteiger partial charge in [-0.2, -0.15) is 0 Å². The van der Waals surface area contributed by atoms with Crippen LogP contribution in [0.3, 0.4) is 0 Å². The molecule has 0 fully saturated rings. The Morgan fingerprint density at radius 1 is 1.04 bits per heavy atom. The van der Waals surface area contributed by atoms with Crippen LogP contribution >= 0.6 is 11.6 Å². The van der Waals surface area contributed by atoms with E-state index in [1.807, 2.05) is 0 Å². The number of anilines is 1. The third-order valence-electron chi connectivity index (χ3n) is 2.45. The largest absolute Gasteiger partial charge is 0.465 e. The second kappa shape index (κ2) is 12.8. The lowest BCUT2D eigenvalue weighted by Gasteiger charge is -2.08. The summed E-state index contributed by atoms with van der Waals surface area (Å²) in [5.41, 5.74) is 0. The molecule has 1 aromatic rings. The molecule has 1 heterocycles. The highest BCUT2D eigenvalue weighted by molar-refractivity contribution is 6.29. The number of nitrogens with one attached hydrogen (secondary N) is 2. The molecule has 0 saturated carbocycles. The van der Waals surface area contributed by atoms with Crippen LogP contribution in [0.2, 0.25) is 5.15 Å². The number of aromatic nitrogens is 2. The minimum Gasteiger partial charge on any atom is -0.465 e. The molecule has 0 aliphatic rings. The van der Waals surface area contributed by atoms with E-state index in [2.05, 4.69) is 20.6 Å².